The number of carbonyl (C=O) groups excluding carboxylic acids is 2. The van der Waals surface area contributed by atoms with Crippen molar-refractivity contribution in [3.05, 3.63) is 36.4 Å². The Morgan fingerprint density at radius 1 is 1.29 bits per heavy atom. The largest absolute Gasteiger partial charge is 0.396 e. The van der Waals surface area contributed by atoms with Gasteiger partial charge in [-0.25, -0.2) is 4.98 Å². The van der Waals surface area contributed by atoms with Crippen LogP contribution in [-0.2, 0) is 4.79 Å². The number of rotatable bonds is 5. The van der Waals surface area contributed by atoms with Crippen molar-refractivity contribution in [3.8, 4) is 0 Å². The van der Waals surface area contributed by atoms with E-state index >= 15 is 0 Å². The first-order chi connectivity index (χ1) is 13.6. The van der Waals surface area contributed by atoms with E-state index in [1.54, 1.807) is 11.2 Å². The number of aromatic nitrogens is 2. The third-order valence-electron chi connectivity index (χ3n) is 6.31. The van der Waals surface area contributed by atoms with E-state index in [1.165, 1.54) is 0 Å². The van der Waals surface area contributed by atoms with E-state index in [4.69, 9.17) is 5.11 Å². The SMILES string of the molecule is CN(CCCO)C(=O)C1C2CCCC1CN(C(=O)c1cc3cccn3cn1)C2. The van der Waals surface area contributed by atoms with Crippen LogP contribution in [0.5, 0.6) is 0 Å². The van der Waals surface area contributed by atoms with Crippen molar-refractivity contribution in [1.82, 2.24) is 19.2 Å². The zero-order chi connectivity index (χ0) is 19.7. The topological polar surface area (TPSA) is 78.2 Å². The summed E-state index contributed by atoms with van der Waals surface area (Å²) < 4.78 is 1.89. The molecule has 2 atom stereocenters. The highest BCUT2D eigenvalue weighted by molar-refractivity contribution is 5.93. The Morgan fingerprint density at radius 2 is 2.04 bits per heavy atom. The number of hydrogen-bond donors (Lipinski definition) is 1. The highest BCUT2D eigenvalue weighted by atomic mass is 16.3. The summed E-state index contributed by atoms with van der Waals surface area (Å²) in [5, 5.41) is 9.04. The molecule has 7 heteroatoms. The fraction of sp³-hybridized carbons (Fsp3) is 0.571. The lowest BCUT2D eigenvalue weighted by Gasteiger charge is -2.47. The summed E-state index contributed by atoms with van der Waals surface area (Å²) in [4.78, 5) is 34.1. The van der Waals surface area contributed by atoms with Crippen molar-refractivity contribution in [2.24, 2.45) is 17.8 Å². The van der Waals surface area contributed by atoms with Crippen molar-refractivity contribution >= 4 is 17.3 Å². The minimum absolute atomic E-state index is 0.0115. The molecule has 1 aliphatic carbocycles. The number of hydrogen-bond acceptors (Lipinski definition) is 4. The zero-order valence-corrected chi connectivity index (χ0v) is 16.3. The molecule has 2 aromatic heterocycles. The number of fused-ring (bicyclic) bond motifs is 3. The average molecular weight is 384 g/mol. The van der Waals surface area contributed by atoms with Gasteiger partial charge in [-0.2, -0.15) is 0 Å². The summed E-state index contributed by atoms with van der Waals surface area (Å²) >= 11 is 0. The summed E-state index contributed by atoms with van der Waals surface area (Å²) in [5.74, 6) is 0.529. The van der Waals surface area contributed by atoms with E-state index in [2.05, 4.69) is 4.98 Å². The van der Waals surface area contributed by atoms with E-state index in [0.29, 0.717) is 31.7 Å². The van der Waals surface area contributed by atoms with E-state index < -0.39 is 0 Å². The van der Waals surface area contributed by atoms with Gasteiger partial charge in [0.2, 0.25) is 5.91 Å². The molecule has 1 aliphatic heterocycles. The summed E-state index contributed by atoms with van der Waals surface area (Å²) in [7, 11) is 1.82. The van der Waals surface area contributed by atoms with Crippen molar-refractivity contribution in [1.29, 1.82) is 0 Å². The Balaban J connectivity index is 1.49. The fourth-order valence-corrected chi connectivity index (χ4v) is 4.89. The average Bonchev–Trinajstić information content (AvgIpc) is 3.17. The molecule has 0 aromatic carbocycles. The zero-order valence-electron chi connectivity index (χ0n) is 16.3. The Bertz CT molecular complexity index is 850. The minimum Gasteiger partial charge on any atom is -0.396 e. The number of aliphatic hydroxyl groups excluding tert-OH is 1. The van der Waals surface area contributed by atoms with Gasteiger partial charge in [0.25, 0.3) is 5.91 Å². The molecule has 7 nitrogen and oxygen atoms in total. The lowest BCUT2D eigenvalue weighted by molar-refractivity contribution is -0.142. The van der Waals surface area contributed by atoms with Crippen LogP contribution < -0.4 is 0 Å². The minimum atomic E-state index is -0.0415. The van der Waals surface area contributed by atoms with Crippen LogP contribution >= 0.6 is 0 Å². The van der Waals surface area contributed by atoms with Gasteiger partial charge in [0, 0.05) is 50.9 Å². The van der Waals surface area contributed by atoms with Gasteiger partial charge in [0.15, 0.2) is 0 Å². The molecule has 2 aliphatic rings. The number of piperidine rings is 1. The van der Waals surface area contributed by atoms with Crippen LogP contribution in [0.15, 0.2) is 30.7 Å². The normalized spacial score (nSPS) is 24.4. The van der Waals surface area contributed by atoms with Crippen LogP contribution in [0.4, 0.5) is 0 Å². The van der Waals surface area contributed by atoms with Crippen molar-refractivity contribution in [2.45, 2.75) is 25.7 Å². The molecular formula is C21H28N4O3. The van der Waals surface area contributed by atoms with E-state index in [-0.39, 0.29) is 36.2 Å². The van der Waals surface area contributed by atoms with Gasteiger partial charge in [0.05, 0.1) is 6.33 Å². The second-order valence-corrected chi connectivity index (χ2v) is 8.14. The monoisotopic (exact) mass is 384 g/mol. The van der Waals surface area contributed by atoms with E-state index in [1.807, 2.05) is 40.7 Å². The van der Waals surface area contributed by atoms with Crippen LogP contribution in [0.1, 0.15) is 36.2 Å². The first kappa shape index (κ1) is 18.9. The lowest BCUT2D eigenvalue weighted by atomic mass is 9.68. The summed E-state index contributed by atoms with van der Waals surface area (Å²) in [6, 6.07) is 5.72. The molecule has 0 radical (unpaired) electrons. The molecule has 2 aromatic rings. The van der Waals surface area contributed by atoms with Crippen molar-refractivity contribution < 1.29 is 14.7 Å². The molecule has 28 heavy (non-hydrogen) atoms. The molecule has 1 saturated heterocycles. The molecule has 4 rings (SSSR count). The maximum atomic E-state index is 13.1. The smallest absolute Gasteiger partial charge is 0.272 e. The highest BCUT2D eigenvalue weighted by Crippen LogP contribution is 2.41. The molecule has 2 unspecified atom stereocenters. The quantitative estimate of drug-likeness (QED) is 0.851. The van der Waals surface area contributed by atoms with Gasteiger partial charge in [-0.15, -0.1) is 0 Å². The molecule has 2 bridgehead atoms. The van der Waals surface area contributed by atoms with E-state index in [9.17, 15) is 9.59 Å². The number of carbonyl (C=O) groups is 2. The predicted molar refractivity (Wildman–Crippen MR) is 105 cm³/mol. The number of likely N-dealkylation sites (tertiary alicyclic amines) is 1. The second kappa shape index (κ2) is 7.91. The third-order valence-corrected chi connectivity index (χ3v) is 6.31. The van der Waals surface area contributed by atoms with Gasteiger partial charge >= 0.3 is 0 Å². The predicted octanol–water partition coefficient (Wildman–Crippen LogP) is 1.66. The van der Waals surface area contributed by atoms with Crippen molar-refractivity contribution in [2.75, 3.05) is 33.3 Å². The molecule has 0 spiro atoms. The van der Waals surface area contributed by atoms with Crippen LogP contribution in [0.2, 0.25) is 0 Å². The third kappa shape index (κ3) is 3.51. The molecule has 2 amide bonds. The lowest BCUT2D eigenvalue weighted by Crippen LogP contribution is -2.55. The number of aliphatic hydroxyl groups is 1. The molecule has 1 saturated carbocycles. The van der Waals surface area contributed by atoms with Crippen LogP contribution in [0, 0.1) is 17.8 Å². The highest BCUT2D eigenvalue weighted by Gasteiger charge is 2.45. The molecule has 2 fully saturated rings. The first-order valence-corrected chi connectivity index (χ1v) is 10.2. The summed E-state index contributed by atoms with van der Waals surface area (Å²) in [5.41, 5.74) is 1.42. The summed E-state index contributed by atoms with van der Waals surface area (Å²) in [6.45, 7) is 1.91. The van der Waals surface area contributed by atoms with Gasteiger partial charge in [-0.3, -0.25) is 9.59 Å². The Hall–Kier alpha value is -2.41. The fourth-order valence-electron chi connectivity index (χ4n) is 4.89. The van der Waals surface area contributed by atoms with Crippen LogP contribution in [-0.4, -0.2) is 69.4 Å². The molecular weight excluding hydrogens is 356 g/mol. The van der Waals surface area contributed by atoms with Crippen molar-refractivity contribution in [3.63, 3.8) is 0 Å². The van der Waals surface area contributed by atoms with Crippen LogP contribution in [0.3, 0.4) is 0 Å². The number of nitrogens with zero attached hydrogens (tertiary/aromatic N) is 4. The summed E-state index contributed by atoms with van der Waals surface area (Å²) in [6.07, 6.45) is 7.27. The Labute approximate surface area is 165 Å². The first-order valence-electron chi connectivity index (χ1n) is 10.2. The Kier molecular flexibility index (Phi) is 5.35. The maximum Gasteiger partial charge on any atom is 0.272 e. The second-order valence-electron chi connectivity index (χ2n) is 8.14. The molecule has 3 heterocycles. The van der Waals surface area contributed by atoms with E-state index in [0.717, 1.165) is 24.8 Å². The van der Waals surface area contributed by atoms with Gasteiger partial charge < -0.3 is 19.3 Å². The van der Waals surface area contributed by atoms with Gasteiger partial charge in [-0.1, -0.05) is 6.42 Å². The molecule has 1 N–H and O–H groups in total. The Morgan fingerprint density at radius 3 is 2.75 bits per heavy atom. The maximum absolute atomic E-state index is 13.1. The molecule has 150 valence electrons. The van der Waals surface area contributed by atoms with Crippen LogP contribution in [0.25, 0.3) is 5.52 Å². The van der Waals surface area contributed by atoms with Gasteiger partial charge in [0.1, 0.15) is 5.69 Å². The van der Waals surface area contributed by atoms with Gasteiger partial charge in [-0.05, 0) is 49.3 Å². The standard InChI is InChI=1S/C21H28N4O3/c1-23(8-4-10-26)21(28)19-15-5-2-6-16(19)13-25(12-15)20(27)18-11-17-7-3-9-24(17)14-22-18/h3,7,9,11,14-16,19,26H,2,4-6,8,10,12-13H2,1H3. The number of amides is 2.